The first-order valence-electron chi connectivity index (χ1n) is 5.96. The molecule has 3 aromatic carbocycles. The van der Waals surface area contributed by atoms with E-state index in [9.17, 15) is 14.7 Å². The number of phenolic OH excluding ortho intramolecular Hbond substituents is 1. The van der Waals surface area contributed by atoms with Gasteiger partial charge in [-0.3, -0.25) is 9.59 Å². The van der Waals surface area contributed by atoms with Crippen LogP contribution in [0.4, 0.5) is 0 Å². The van der Waals surface area contributed by atoms with Gasteiger partial charge in [0.1, 0.15) is 5.75 Å². The first kappa shape index (κ1) is 12.8. The number of rotatable bonds is 2. The van der Waals surface area contributed by atoms with E-state index in [1.54, 1.807) is 18.2 Å². The predicted octanol–water partition coefficient (Wildman–Crippen LogP) is 3.84. The molecular weight excluding hydrogens is 320 g/mol. The predicted molar refractivity (Wildman–Crippen MR) is 81.2 cm³/mol. The molecule has 0 amide bonds. The molecule has 0 atom stereocenters. The lowest BCUT2D eigenvalue weighted by Crippen LogP contribution is -2.02. The van der Waals surface area contributed by atoms with Gasteiger partial charge < -0.3 is 5.11 Å². The SMILES string of the molecule is O=CC(=O)c1c2ccccc2cc2c(Br)ccc(O)c12. The second kappa shape index (κ2) is 4.72. The van der Waals surface area contributed by atoms with E-state index in [4.69, 9.17) is 0 Å². The summed E-state index contributed by atoms with van der Waals surface area (Å²) < 4.78 is 0.760. The average Bonchev–Trinajstić information content (AvgIpc) is 2.48. The van der Waals surface area contributed by atoms with E-state index < -0.39 is 5.78 Å². The zero-order valence-electron chi connectivity index (χ0n) is 10.3. The number of hydrogen-bond acceptors (Lipinski definition) is 3. The minimum absolute atomic E-state index is 0.0147. The molecule has 3 rings (SSSR count). The van der Waals surface area contributed by atoms with Gasteiger partial charge >= 0.3 is 0 Å². The quantitative estimate of drug-likeness (QED) is 0.336. The first-order chi connectivity index (χ1) is 9.63. The Balaban J connectivity index is 2.65. The maximum Gasteiger partial charge on any atom is 0.226 e. The third kappa shape index (κ3) is 1.80. The third-order valence-corrected chi connectivity index (χ3v) is 4.00. The number of carbonyl (C=O) groups is 2. The monoisotopic (exact) mass is 328 g/mol. The van der Waals surface area contributed by atoms with E-state index in [0.717, 1.165) is 9.86 Å². The Morgan fingerprint density at radius 2 is 1.85 bits per heavy atom. The summed E-state index contributed by atoms with van der Waals surface area (Å²) in [4.78, 5) is 23.0. The molecule has 0 aromatic heterocycles. The van der Waals surface area contributed by atoms with Crippen molar-refractivity contribution in [3.8, 4) is 5.75 Å². The molecule has 0 aliphatic rings. The van der Waals surface area contributed by atoms with Gasteiger partial charge in [0.2, 0.25) is 5.78 Å². The number of ketones is 1. The van der Waals surface area contributed by atoms with Crippen molar-refractivity contribution in [3.05, 3.63) is 52.5 Å². The Bertz CT molecular complexity index is 868. The molecule has 98 valence electrons. The van der Waals surface area contributed by atoms with E-state index in [1.165, 1.54) is 6.07 Å². The molecule has 20 heavy (non-hydrogen) atoms. The van der Waals surface area contributed by atoms with E-state index >= 15 is 0 Å². The van der Waals surface area contributed by atoms with Gasteiger partial charge in [0.25, 0.3) is 0 Å². The van der Waals surface area contributed by atoms with Crippen molar-refractivity contribution in [3.63, 3.8) is 0 Å². The summed E-state index contributed by atoms with van der Waals surface area (Å²) in [5.74, 6) is -0.653. The van der Waals surface area contributed by atoms with Gasteiger partial charge in [-0.2, -0.15) is 0 Å². The lowest BCUT2D eigenvalue weighted by Gasteiger charge is -2.11. The zero-order valence-corrected chi connectivity index (χ0v) is 11.8. The molecule has 0 radical (unpaired) electrons. The number of hydrogen-bond donors (Lipinski definition) is 1. The van der Waals surface area contributed by atoms with Gasteiger partial charge in [0, 0.05) is 20.8 Å². The fourth-order valence-corrected chi connectivity index (χ4v) is 2.89. The molecule has 0 saturated carbocycles. The van der Waals surface area contributed by atoms with Crippen molar-refractivity contribution in [2.75, 3.05) is 0 Å². The minimum atomic E-state index is -0.639. The summed E-state index contributed by atoms with van der Waals surface area (Å²) in [6.07, 6.45) is 0.279. The number of fused-ring (bicyclic) bond motifs is 2. The van der Waals surface area contributed by atoms with Crippen LogP contribution in [0.3, 0.4) is 0 Å². The molecule has 1 N–H and O–H groups in total. The molecule has 3 nitrogen and oxygen atoms in total. The summed E-state index contributed by atoms with van der Waals surface area (Å²) in [5, 5.41) is 12.7. The highest BCUT2D eigenvalue weighted by Crippen LogP contribution is 2.37. The number of aromatic hydroxyl groups is 1. The van der Waals surface area contributed by atoms with Crippen LogP contribution >= 0.6 is 15.9 Å². The van der Waals surface area contributed by atoms with Crippen LogP contribution in [0.1, 0.15) is 10.4 Å². The number of phenols is 1. The second-order valence-electron chi connectivity index (χ2n) is 4.44. The van der Waals surface area contributed by atoms with Crippen LogP contribution < -0.4 is 0 Å². The van der Waals surface area contributed by atoms with Crippen molar-refractivity contribution >= 4 is 49.5 Å². The van der Waals surface area contributed by atoms with Crippen LogP contribution in [0, 0.1) is 0 Å². The fraction of sp³-hybridized carbons (Fsp3) is 0. The van der Waals surface area contributed by atoms with Gasteiger partial charge in [-0.25, -0.2) is 0 Å². The summed E-state index contributed by atoms with van der Waals surface area (Å²) in [6, 6.07) is 12.4. The van der Waals surface area contributed by atoms with Crippen LogP contribution in [0.25, 0.3) is 21.5 Å². The lowest BCUT2D eigenvalue weighted by atomic mass is 9.94. The van der Waals surface area contributed by atoms with Gasteiger partial charge in [-0.05, 0) is 29.0 Å². The Morgan fingerprint density at radius 3 is 2.60 bits per heavy atom. The van der Waals surface area contributed by atoms with Gasteiger partial charge in [0.05, 0.1) is 0 Å². The fourth-order valence-electron chi connectivity index (χ4n) is 2.44. The summed E-state index contributed by atoms with van der Waals surface area (Å²) in [5.41, 5.74) is 0.243. The molecule has 0 aliphatic carbocycles. The maximum atomic E-state index is 12.0. The Morgan fingerprint density at radius 1 is 1.10 bits per heavy atom. The van der Waals surface area contributed by atoms with Crippen LogP contribution in [-0.2, 0) is 4.79 Å². The summed E-state index contributed by atoms with van der Waals surface area (Å²) in [7, 11) is 0. The Labute approximate surface area is 123 Å². The molecular formula is C16H9BrO3. The first-order valence-corrected chi connectivity index (χ1v) is 6.75. The highest BCUT2D eigenvalue weighted by molar-refractivity contribution is 9.10. The highest BCUT2D eigenvalue weighted by Gasteiger charge is 2.18. The van der Waals surface area contributed by atoms with Crippen molar-refractivity contribution in [2.45, 2.75) is 0 Å². The number of carbonyl (C=O) groups excluding carboxylic acids is 2. The van der Waals surface area contributed by atoms with Crippen LogP contribution in [0.15, 0.2) is 46.9 Å². The van der Waals surface area contributed by atoms with Crippen LogP contribution in [0.2, 0.25) is 0 Å². The zero-order chi connectivity index (χ0) is 14.3. The lowest BCUT2D eigenvalue weighted by molar-refractivity contribution is -0.104. The molecule has 0 unspecified atom stereocenters. The largest absolute Gasteiger partial charge is 0.507 e. The molecule has 0 fully saturated rings. The van der Waals surface area contributed by atoms with E-state index in [0.29, 0.717) is 16.2 Å². The average molecular weight is 329 g/mol. The molecule has 0 spiro atoms. The second-order valence-corrected chi connectivity index (χ2v) is 5.30. The normalized spacial score (nSPS) is 10.8. The Kier molecular flexibility index (Phi) is 3.03. The molecule has 3 aromatic rings. The molecule has 0 heterocycles. The molecule has 0 saturated heterocycles. The topological polar surface area (TPSA) is 54.4 Å². The van der Waals surface area contributed by atoms with Crippen molar-refractivity contribution < 1.29 is 14.7 Å². The van der Waals surface area contributed by atoms with Crippen LogP contribution in [0.5, 0.6) is 5.75 Å². The van der Waals surface area contributed by atoms with Crippen molar-refractivity contribution in [2.24, 2.45) is 0 Å². The molecule has 0 bridgehead atoms. The summed E-state index contributed by atoms with van der Waals surface area (Å²) in [6.45, 7) is 0. The van der Waals surface area contributed by atoms with Crippen molar-refractivity contribution in [1.29, 1.82) is 0 Å². The number of halogens is 1. The van der Waals surface area contributed by atoms with Gasteiger partial charge in [-0.1, -0.05) is 40.2 Å². The van der Waals surface area contributed by atoms with Crippen LogP contribution in [-0.4, -0.2) is 17.2 Å². The standard InChI is InChI=1S/C16H9BrO3/c17-12-5-6-13(19)16-11(12)7-9-3-1-2-4-10(9)15(16)14(20)8-18/h1-8,19H. The number of Topliss-reactive ketones (excluding diaryl/α,β-unsaturated/α-hetero) is 1. The number of benzene rings is 3. The summed E-state index contributed by atoms with van der Waals surface area (Å²) >= 11 is 3.41. The maximum absolute atomic E-state index is 12.0. The van der Waals surface area contributed by atoms with Crippen molar-refractivity contribution in [1.82, 2.24) is 0 Å². The van der Waals surface area contributed by atoms with E-state index in [2.05, 4.69) is 15.9 Å². The third-order valence-electron chi connectivity index (χ3n) is 3.30. The minimum Gasteiger partial charge on any atom is -0.507 e. The highest BCUT2D eigenvalue weighted by atomic mass is 79.9. The van der Waals surface area contributed by atoms with Gasteiger partial charge in [0.15, 0.2) is 6.29 Å². The van der Waals surface area contributed by atoms with Gasteiger partial charge in [-0.15, -0.1) is 0 Å². The van der Waals surface area contributed by atoms with E-state index in [1.807, 2.05) is 18.2 Å². The smallest absolute Gasteiger partial charge is 0.226 e. The molecule has 0 aliphatic heterocycles. The Hall–Kier alpha value is -2.20. The van der Waals surface area contributed by atoms with E-state index in [-0.39, 0.29) is 17.6 Å². The molecule has 4 heteroatoms. The number of aldehydes is 1.